The van der Waals surface area contributed by atoms with Gasteiger partial charge in [-0.2, -0.15) is 0 Å². The zero-order valence-corrected chi connectivity index (χ0v) is 12.5. The monoisotopic (exact) mass is 280 g/mol. The number of carbonyl (C=O) groups excluding carboxylic acids is 1. The number of rotatable bonds is 3. The average molecular weight is 280 g/mol. The minimum absolute atomic E-state index is 0.801. The lowest BCUT2D eigenvalue weighted by Crippen LogP contribution is -1.95. The maximum atomic E-state index is 11.3. The van der Waals surface area contributed by atoms with Crippen LogP contribution in [0.2, 0.25) is 0 Å². The highest BCUT2D eigenvalue weighted by molar-refractivity contribution is 7.17. The Labute approximate surface area is 122 Å². The second kappa shape index (κ2) is 5.22. The van der Waals surface area contributed by atoms with Crippen molar-refractivity contribution in [3.63, 3.8) is 0 Å². The second-order valence-electron chi connectivity index (χ2n) is 4.97. The Bertz CT molecular complexity index is 783. The molecule has 0 atom stereocenters. The van der Waals surface area contributed by atoms with E-state index in [-0.39, 0.29) is 0 Å². The number of hydrogen-bond donors (Lipinski definition) is 0. The summed E-state index contributed by atoms with van der Waals surface area (Å²) in [6, 6.07) is 12.6. The summed E-state index contributed by atoms with van der Waals surface area (Å²) in [5.41, 5.74) is 5.52. The number of thiophene rings is 1. The lowest BCUT2D eigenvalue weighted by Gasteiger charge is -2.10. The molecule has 0 spiro atoms. The molecule has 1 aromatic heterocycles. The van der Waals surface area contributed by atoms with Crippen LogP contribution in [-0.2, 0) is 6.42 Å². The first-order valence-electron chi connectivity index (χ1n) is 6.80. The number of aldehydes is 1. The van der Waals surface area contributed by atoms with E-state index in [9.17, 15) is 4.79 Å². The summed E-state index contributed by atoms with van der Waals surface area (Å²) in [4.78, 5) is 11.3. The van der Waals surface area contributed by atoms with Gasteiger partial charge in [0, 0.05) is 21.2 Å². The molecule has 0 saturated carbocycles. The van der Waals surface area contributed by atoms with Crippen molar-refractivity contribution in [2.24, 2.45) is 0 Å². The summed E-state index contributed by atoms with van der Waals surface area (Å²) in [6.07, 6.45) is 1.91. The lowest BCUT2D eigenvalue weighted by molar-refractivity contribution is 0.112. The van der Waals surface area contributed by atoms with Crippen LogP contribution in [0.3, 0.4) is 0 Å². The third-order valence-electron chi connectivity index (χ3n) is 3.86. The summed E-state index contributed by atoms with van der Waals surface area (Å²) < 4.78 is 1.29. The van der Waals surface area contributed by atoms with Crippen LogP contribution in [-0.4, -0.2) is 6.29 Å². The Balaban J connectivity index is 2.26. The maximum absolute atomic E-state index is 11.3. The highest BCUT2D eigenvalue weighted by atomic mass is 32.1. The van der Waals surface area contributed by atoms with Gasteiger partial charge >= 0.3 is 0 Å². The molecule has 1 nitrogen and oxygen atoms in total. The number of aryl methyl sites for hydroxylation is 1. The Kier molecular flexibility index (Phi) is 3.41. The van der Waals surface area contributed by atoms with Gasteiger partial charge in [-0.1, -0.05) is 31.2 Å². The summed E-state index contributed by atoms with van der Waals surface area (Å²) in [6.45, 7) is 4.16. The number of carbonyl (C=O) groups is 1. The average Bonchev–Trinajstić information content (AvgIpc) is 2.91. The van der Waals surface area contributed by atoms with Crippen LogP contribution in [0.4, 0.5) is 0 Å². The molecule has 0 aliphatic carbocycles. The molecule has 2 heteroatoms. The van der Waals surface area contributed by atoms with E-state index in [1.54, 1.807) is 11.3 Å². The molecule has 100 valence electrons. The minimum Gasteiger partial charge on any atom is -0.298 e. The first-order chi connectivity index (χ1) is 9.74. The molecule has 0 N–H and O–H groups in total. The molecule has 0 radical (unpaired) electrons. The summed E-state index contributed by atoms with van der Waals surface area (Å²) in [7, 11) is 0. The zero-order valence-electron chi connectivity index (χ0n) is 11.6. The first kappa shape index (κ1) is 13.1. The first-order valence-corrected chi connectivity index (χ1v) is 7.68. The molecule has 0 aliphatic rings. The normalized spacial score (nSPS) is 10.9. The Morgan fingerprint density at radius 3 is 2.75 bits per heavy atom. The van der Waals surface area contributed by atoms with E-state index >= 15 is 0 Å². The van der Waals surface area contributed by atoms with Crippen molar-refractivity contribution in [2.45, 2.75) is 20.3 Å². The number of benzene rings is 2. The molecular formula is C18H16OS. The summed E-state index contributed by atoms with van der Waals surface area (Å²) in [5, 5.41) is 3.45. The van der Waals surface area contributed by atoms with Crippen LogP contribution < -0.4 is 0 Å². The molecule has 1 heterocycles. The fourth-order valence-electron chi connectivity index (χ4n) is 2.65. The van der Waals surface area contributed by atoms with E-state index in [1.807, 2.05) is 13.0 Å². The molecular weight excluding hydrogens is 264 g/mol. The SMILES string of the molecule is CCc1cc(-c2csc3ccccc23)cc(C=O)c1C. The molecule has 0 amide bonds. The standard InChI is InChI=1S/C18H16OS/c1-3-13-8-14(9-15(10-19)12(13)2)17-11-20-18-7-5-4-6-16(17)18/h4-11H,3H2,1-2H3. The van der Waals surface area contributed by atoms with E-state index in [0.717, 1.165) is 29.4 Å². The van der Waals surface area contributed by atoms with Gasteiger partial charge in [0.25, 0.3) is 0 Å². The van der Waals surface area contributed by atoms with Gasteiger partial charge in [0.15, 0.2) is 0 Å². The van der Waals surface area contributed by atoms with Crippen LogP contribution >= 0.6 is 11.3 Å². The van der Waals surface area contributed by atoms with Crippen molar-refractivity contribution >= 4 is 27.7 Å². The molecule has 0 unspecified atom stereocenters. The van der Waals surface area contributed by atoms with Crippen LogP contribution in [0, 0.1) is 6.92 Å². The third kappa shape index (κ3) is 2.06. The van der Waals surface area contributed by atoms with Gasteiger partial charge in [0.05, 0.1) is 0 Å². The van der Waals surface area contributed by atoms with Crippen molar-refractivity contribution in [1.82, 2.24) is 0 Å². The van der Waals surface area contributed by atoms with Crippen LogP contribution in [0.5, 0.6) is 0 Å². The molecule has 0 aliphatic heterocycles. The van der Waals surface area contributed by atoms with E-state index < -0.39 is 0 Å². The van der Waals surface area contributed by atoms with E-state index in [0.29, 0.717) is 0 Å². The van der Waals surface area contributed by atoms with Crippen molar-refractivity contribution in [2.75, 3.05) is 0 Å². The fraction of sp³-hybridized carbons (Fsp3) is 0.167. The smallest absolute Gasteiger partial charge is 0.150 e. The van der Waals surface area contributed by atoms with Gasteiger partial charge in [-0.25, -0.2) is 0 Å². The lowest BCUT2D eigenvalue weighted by atomic mass is 9.94. The van der Waals surface area contributed by atoms with Crippen molar-refractivity contribution in [1.29, 1.82) is 0 Å². The predicted octanol–water partition coefficient (Wildman–Crippen LogP) is 5.25. The van der Waals surface area contributed by atoms with Crippen LogP contribution in [0.25, 0.3) is 21.2 Å². The molecule has 2 aromatic carbocycles. The van der Waals surface area contributed by atoms with E-state index in [4.69, 9.17) is 0 Å². The van der Waals surface area contributed by atoms with Gasteiger partial charge in [-0.15, -0.1) is 11.3 Å². The summed E-state index contributed by atoms with van der Waals surface area (Å²) in [5.74, 6) is 0. The maximum Gasteiger partial charge on any atom is 0.150 e. The molecule has 0 bridgehead atoms. The van der Waals surface area contributed by atoms with Crippen LogP contribution in [0.15, 0.2) is 41.8 Å². The topological polar surface area (TPSA) is 17.1 Å². The number of hydrogen-bond acceptors (Lipinski definition) is 2. The van der Waals surface area contributed by atoms with Gasteiger partial charge in [-0.3, -0.25) is 4.79 Å². The Morgan fingerprint density at radius 2 is 2.00 bits per heavy atom. The summed E-state index contributed by atoms with van der Waals surface area (Å²) >= 11 is 1.75. The predicted molar refractivity (Wildman–Crippen MR) is 86.8 cm³/mol. The van der Waals surface area contributed by atoms with E-state index in [2.05, 4.69) is 42.6 Å². The molecule has 3 rings (SSSR count). The van der Waals surface area contributed by atoms with Gasteiger partial charge in [0.2, 0.25) is 0 Å². The van der Waals surface area contributed by atoms with Gasteiger partial charge in [0.1, 0.15) is 6.29 Å². The largest absolute Gasteiger partial charge is 0.298 e. The van der Waals surface area contributed by atoms with Crippen molar-refractivity contribution in [3.8, 4) is 11.1 Å². The number of fused-ring (bicyclic) bond motifs is 1. The molecule has 20 heavy (non-hydrogen) atoms. The minimum atomic E-state index is 0.801. The van der Waals surface area contributed by atoms with Crippen LogP contribution in [0.1, 0.15) is 28.4 Å². The van der Waals surface area contributed by atoms with Gasteiger partial charge < -0.3 is 0 Å². The highest BCUT2D eigenvalue weighted by Crippen LogP contribution is 2.35. The Morgan fingerprint density at radius 1 is 1.20 bits per heavy atom. The van der Waals surface area contributed by atoms with Gasteiger partial charge in [-0.05, 0) is 47.5 Å². The quantitative estimate of drug-likeness (QED) is 0.599. The van der Waals surface area contributed by atoms with E-state index in [1.165, 1.54) is 21.2 Å². The molecule has 3 aromatic rings. The molecule has 0 saturated heterocycles. The third-order valence-corrected chi connectivity index (χ3v) is 4.82. The fourth-order valence-corrected chi connectivity index (χ4v) is 3.62. The van der Waals surface area contributed by atoms with Crippen molar-refractivity contribution in [3.05, 3.63) is 58.5 Å². The Hall–Kier alpha value is -1.93. The zero-order chi connectivity index (χ0) is 14.1. The molecule has 0 fully saturated rings. The van der Waals surface area contributed by atoms with Crippen molar-refractivity contribution < 1.29 is 4.79 Å². The highest BCUT2D eigenvalue weighted by Gasteiger charge is 2.10. The second-order valence-corrected chi connectivity index (χ2v) is 5.88.